The summed E-state index contributed by atoms with van der Waals surface area (Å²) in [5, 5.41) is 2.07. The van der Waals surface area contributed by atoms with E-state index in [0.29, 0.717) is 35.3 Å². The van der Waals surface area contributed by atoms with E-state index in [9.17, 15) is 9.18 Å². The zero-order valence-corrected chi connectivity index (χ0v) is 19.5. The van der Waals surface area contributed by atoms with Crippen LogP contribution in [0.1, 0.15) is 34.6 Å². The van der Waals surface area contributed by atoms with Gasteiger partial charge in [-0.2, -0.15) is 4.98 Å². The zero-order chi connectivity index (χ0) is 24.4. The number of benzene rings is 2. The first kappa shape index (κ1) is 20.9. The summed E-state index contributed by atoms with van der Waals surface area (Å²) < 4.78 is 20.0. The number of hydrogen-bond donors (Lipinski definition) is 0. The minimum absolute atomic E-state index is 0.107. The van der Waals surface area contributed by atoms with E-state index in [1.54, 1.807) is 29.4 Å². The standard InChI is InChI=1S/C29H21FN4O2/c1-17-22-9-6-20(15-19(22)10-14-31-17)27-33-26(25(36-27)18-4-7-21(30)8-5-18)34-16-29(11-12-29)23-3-2-13-32-24(23)28(34)35/h2-10,13-15H,11-12,16H2,1H3. The van der Waals surface area contributed by atoms with E-state index in [4.69, 9.17) is 9.40 Å². The van der Waals surface area contributed by atoms with Gasteiger partial charge in [0.25, 0.3) is 5.91 Å². The number of hydrogen-bond acceptors (Lipinski definition) is 5. The monoisotopic (exact) mass is 476 g/mol. The quantitative estimate of drug-likeness (QED) is 0.315. The molecule has 1 amide bonds. The van der Waals surface area contributed by atoms with Crippen LogP contribution < -0.4 is 4.90 Å². The van der Waals surface area contributed by atoms with Crippen LogP contribution >= 0.6 is 0 Å². The van der Waals surface area contributed by atoms with Gasteiger partial charge in [0, 0.05) is 46.6 Å². The van der Waals surface area contributed by atoms with Gasteiger partial charge in [-0.3, -0.25) is 19.7 Å². The van der Waals surface area contributed by atoms with Gasteiger partial charge in [0.2, 0.25) is 5.89 Å². The van der Waals surface area contributed by atoms with E-state index >= 15 is 0 Å². The Morgan fingerprint density at radius 2 is 1.78 bits per heavy atom. The Balaban J connectivity index is 1.40. The number of fused-ring (bicyclic) bond motifs is 3. The first-order valence-electron chi connectivity index (χ1n) is 11.9. The summed E-state index contributed by atoms with van der Waals surface area (Å²) in [4.78, 5) is 29.0. The lowest BCUT2D eigenvalue weighted by atomic mass is 9.89. The van der Waals surface area contributed by atoms with Crippen molar-refractivity contribution in [3.8, 4) is 22.8 Å². The van der Waals surface area contributed by atoms with E-state index in [-0.39, 0.29) is 17.1 Å². The van der Waals surface area contributed by atoms with Gasteiger partial charge < -0.3 is 4.42 Å². The summed E-state index contributed by atoms with van der Waals surface area (Å²) in [6.07, 6.45) is 5.41. The first-order valence-corrected chi connectivity index (χ1v) is 11.9. The van der Waals surface area contributed by atoms with Crippen molar-refractivity contribution in [2.45, 2.75) is 25.2 Å². The number of carbonyl (C=O) groups excluding carboxylic acids is 1. The summed E-state index contributed by atoms with van der Waals surface area (Å²) in [6, 6.07) is 17.8. The third-order valence-electron chi connectivity index (χ3n) is 7.32. The van der Waals surface area contributed by atoms with Crippen LogP contribution in [-0.4, -0.2) is 27.4 Å². The third-order valence-corrected chi connectivity index (χ3v) is 7.32. The van der Waals surface area contributed by atoms with Gasteiger partial charge in [-0.1, -0.05) is 12.1 Å². The maximum Gasteiger partial charge on any atom is 0.278 e. The molecule has 7 rings (SSSR count). The van der Waals surface area contributed by atoms with Crippen molar-refractivity contribution in [3.05, 3.63) is 95.8 Å². The van der Waals surface area contributed by atoms with Crippen LogP contribution in [0.25, 0.3) is 33.6 Å². The summed E-state index contributed by atoms with van der Waals surface area (Å²) in [5.74, 6) is 0.703. The Hall–Kier alpha value is -4.39. The van der Waals surface area contributed by atoms with E-state index < -0.39 is 0 Å². The third kappa shape index (κ3) is 3.16. The van der Waals surface area contributed by atoms with Crippen LogP contribution in [0, 0.1) is 12.7 Å². The van der Waals surface area contributed by atoms with Crippen LogP contribution in [0.4, 0.5) is 10.2 Å². The number of pyridine rings is 2. The average molecular weight is 477 g/mol. The number of nitrogens with zero attached hydrogens (tertiary/aromatic N) is 4. The summed E-state index contributed by atoms with van der Waals surface area (Å²) in [5.41, 5.74) is 3.74. The Bertz CT molecular complexity index is 1670. The molecule has 5 aromatic rings. The number of amides is 1. The number of halogens is 1. The lowest BCUT2D eigenvalue weighted by Gasteiger charge is -2.32. The van der Waals surface area contributed by atoms with Crippen LogP contribution in [0.5, 0.6) is 0 Å². The molecule has 0 unspecified atom stereocenters. The molecule has 4 heterocycles. The number of oxazole rings is 1. The van der Waals surface area contributed by atoms with Crippen molar-refractivity contribution in [2.75, 3.05) is 11.4 Å². The normalized spacial score (nSPS) is 15.9. The predicted molar refractivity (Wildman–Crippen MR) is 134 cm³/mol. The molecule has 176 valence electrons. The highest BCUT2D eigenvalue weighted by atomic mass is 19.1. The largest absolute Gasteiger partial charge is 0.434 e. The summed E-state index contributed by atoms with van der Waals surface area (Å²) in [6.45, 7) is 2.48. The topological polar surface area (TPSA) is 72.1 Å². The molecule has 1 aliphatic heterocycles. The molecule has 0 bridgehead atoms. The highest BCUT2D eigenvalue weighted by Crippen LogP contribution is 2.53. The minimum atomic E-state index is -0.345. The highest BCUT2D eigenvalue weighted by Gasteiger charge is 2.53. The fraction of sp³-hybridized carbons (Fsp3) is 0.172. The van der Waals surface area contributed by atoms with Crippen molar-refractivity contribution < 1.29 is 13.6 Å². The average Bonchev–Trinajstić information content (AvgIpc) is 3.54. The Morgan fingerprint density at radius 1 is 0.972 bits per heavy atom. The molecule has 1 saturated carbocycles. The Morgan fingerprint density at radius 3 is 2.58 bits per heavy atom. The second kappa shape index (κ2) is 7.55. The maximum atomic E-state index is 13.7. The van der Waals surface area contributed by atoms with Gasteiger partial charge in [-0.05, 0) is 79.2 Å². The molecule has 1 spiro atoms. The van der Waals surface area contributed by atoms with Crippen LogP contribution in [0.2, 0.25) is 0 Å². The van der Waals surface area contributed by atoms with Gasteiger partial charge in [0.15, 0.2) is 11.6 Å². The molecule has 0 N–H and O–H groups in total. The van der Waals surface area contributed by atoms with Crippen LogP contribution in [0.15, 0.2) is 77.5 Å². The molecule has 3 aromatic heterocycles. The van der Waals surface area contributed by atoms with E-state index in [0.717, 1.165) is 40.4 Å². The molecule has 0 saturated heterocycles. The predicted octanol–water partition coefficient (Wildman–Crippen LogP) is 6.09. The number of carbonyl (C=O) groups is 1. The van der Waals surface area contributed by atoms with Crippen LogP contribution in [-0.2, 0) is 5.41 Å². The smallest absolute Gasteiger partial charge is 0.278 e. The molecule has 7 heteroatoms. The van der Waals surface area contributed by atoms with Gasteiger partial charge in [-0.15, -0.1) is 0 Å². The van der Waals surface area contributed by atoms with E-state index in [2.05, 4.69) is 9.97 Å². The van der Waals surface area contributed by atoms with Crippen molar-refractivity contribution in [1.82, 2.24) is 15.0 Å². The molecule has 6 nitrogen and oxygen atoms in total. The second-order valence-electron chi connectivity index (χ2n) is 9.58. The van der Waals surface area contributed by atoms with Crippen molar-refractivity contribution >= 4 is 22.5 Å². The van der Waals surface area contributed by atoms with Gasteiger partial charge in [0.1, 0.15) is 11.5 Å². The van der Waals surface area contributed by atoms with E-state index in [1.165, 1.54) is 12.1 Å². The van der Waals surface area contributed by atoms with E-state index in [1.807, 2.05) is 43.3 Å². The summed E-state index contributed by atoms with van der Waals surface area (Å²) in [7, 11) is 0. The Labute approximate surface area is 206 Å². The highest BCUT2D eigenvalue weighted by molar-refractivity contribution is 6.08. The van der Waals surface area contributed by atoms with Crippen molar-refractivity contribution in [1.29, 1.82) is 0 Å². The van der Waals surface area contributed by atoms with Crippen molar-refractivity contribution in [2.24, 2.45) is 0 Å². The van der Waals surface area contributed by atoms with Crippen molar-refractivity contribution in [3.63, 3.8) is 0 Å². The lowest BCUT2D eigenvalue weighted by molar-refractivity contribution is 0.0968. The number of aryl methyl sites for hydroxylation is 1. The van der Waals surface area contributed by atoms with Gasteiger partial charge in [0.05, 0.1) is 0 Å². The summed E-state index contributed by atoms with van der Waals surface area (Å²) >= 11 is 0. The zero-order valence-electron chi connectivity index (χ0n) is 19.5. The fourth-order valence-corrected chi connectivity index (χ4v) is 5.21. The molecule has 2 aromatic carbocycles. The second-order valence-corrected chi connectivity index (χ2v) is 9.58. The number of aromatic nitrogens is 3. The molecule has 1 aliphatic carbocycles. The number of anilines is 1. The molecule has 0 atom stereocenters. The fourth-order valence-electron chi connectivity index (χ4n) is 5.21. The maximum absolute atomic E-state index is 13.7. The molecule has 2 aliphatic rings. The SMILES string of the molecule is Cc1nccc2cc(-c3nc(N4CC5(CC5)c5cccnc5C4=O)c(-c4ccc(F)cc4)o3)ccc12. The Kier molecular flexibility index (Phi) is 4.39. The number of rotatable bonds is 3. The molecule has 0 radical (unpaired) electrons. The van der Waals surface area contributed by atoms with Gasteiger partial charge >= 0.3 is 0 Å². The molecular weight excluding hydrogens is 455 g/mol. The molecule has 36 heavy (non-hydrogen) atoms. The lowest BCUT2D eigenvalue weighted by Crippen LogP contribution is -2.44. The minimum Gasteiger partial charge on any atom is -0.434 e. The van der Waals surface area contributed by atoms with Crippen LogP contribution in [0.3, 0.4) is 0 Å². The first-order chi connectivity index (χ1) is 17.5. The van der Waals surface area contributed by atoms with Gasteiger partial charge in [-0.25, -0.2) is 4.39 Å². The molecular formula is C29H21FN4O2. The molecule has 1 fully saturated rings.